The summed E-state index contributed by atoms with van der Waals surface area (Å²) >= 11 is 22.1. The van der Waals surface area contributed by atoms with Crippen LogP contribution in [0.3, 0.4) is 0 Å². The Labute approximate surface area is 292 Å². The predicted octanol–water partition coefficient (Wildman–Crippen LogP) is 7.73. The molecule has 0 N–H and O–H groups in total. The van der Waals surface area contributed by atoms with Gasteiger partial charge in [0.05, 0.1) is 42.1 Å². The molecule has 1 aliphatic rings. The number of nitrogens with zero attached hydrogens (tertiary/aromatic N) is 2. The van der Waals surface area contributed by atoms with Gasteiger partial charge in [-0.25, -0.2) is 9.79 Å². The van der Waals surface area contributed by atoms with E-state index in [1.807, 2.05) is 44.2 Å². The van der Waals surface area contributed by atoms with Gasteiger partial charge in [0.1, 0.15) is 24.1 Å². The van der Waals surface area contributed by atoms with E-state index in [0.717, 1.165) is 9.13 Å². The summed E-state index contributed by atoms with van der Waals surface area (Å²) in [4.78, 5) is 32.7. The Kier molecular flexibility index (Phi) is 10.7. The van der Waals surface area contributed by atoms with Crippen molar-refractivity contribution in [1.29, 1.82) is 0 Å². The van der Waals surface area contributed by atoms with Crippen LogP contribution in [0.2, 0.25) is 15.1 Å². The molecule has 7 nitrogen and oxygen atoms in total. The first-order valence-corrected chi connectivity index (χ1v) is 17.0. The molecule has 0 spiro atoms. The second kappa shape index (κ2) is 14.3. The molecule has 0 unspecified atom stereocenters. The van der Waals surface area contributed by atoms with E-state index in [0.29, 0.717) is 52.7 Å². The number of carbonyl (C=O) groups is 1. The van der Waals surface area contributed by atoms with Crippen LogP contribution in [-0.2, 0) is 16.1 Å². The molecule has 45 heavy (non-hydrogen) atoms. The fourth-order valence-corrected chi connectivity index (χ4v) is 7.49. The summed E-state index contributed by atoms with van der Waals surface area (Å²) < 4.78 is 20.5. The molecule has 0 radical (unpaired) electrons. The number of hydrogen-bond acceptors (Lipinski definition) is 7. The number of esters is 1. The first kappa shape index (κ1) is 33.5. The molecule has 234 valence electrons. The van der Waals surface area contributed by atoms with Gasteiger partial charge in [-0.3, -0.25) is 9.36 Å². The third-order valence-corrected chi connectivity index (χ3v) is 9.53. The molecule has 0 saturated heterocycles. The molecule has 1 atom stereocenters. The predicted molar refractivity (Wildman–Crippen MR) is 188 cm³/mol. The summed E-state index contributed by atoms with van der Waals surface area (Å²) in [6.07, 6.45) is 1.60. The number of rotatable bonds is 9. The van der Waals surface area contributed by atoms with Crippen molar-refractivity contribution < 1.29 is 19.0 Å². The molecule has 0 bridgehead atoms. The maximum absolute atomic E-state index is 14.3. The van der Waals surface area contributed by atoms with Gasteiger partial charge in [-0.2, -0.15) is 0 Å². The van der Waals surface area contributed by atoms with Gasteiger partial charge < -0.3 is 14.2 Å². The molecular formula is C33H28Cl3IN2O5S. The monoisotopic (exact) mass is 796 g/mol. The number of para-hydroxylation sites is 1. The van der Waals surface area contributed by atoms with Crippen molar-refractivity contribution in [1.82, 2.24) is 4.57 Å². The quantitative estimate of drug-likeness (QED) is 0.128. The lowest BCUT2D eigenvalue weighted by Gasteiger charge is -2.26. The van der Waals surface area contributed by atoms with Crippen molar-refractivity contribution in [3.8, 4) is 11.5 Å². The largest absolute Gasteiger partial charge is 0.491 e. The third-order valence-electron chi connectivity index (χ3n) is 6.78. The molecule has 12 heteroatoms. The first-order valence-electron chi connectivity index (χ1n) is 14.0. The summed E-state index contributed by atoms with van der Waals surface area (Å²) in [7, 11) is 0. The highest BCUT2D eigenvalue weighted by Crippen LogP contribution is 2.36. The second-order valence-electron chi connectivity index (χ2n) is 10.3. The van der Waals surface area contributed by atoms with Crippen LogP contribution in [0.25, 0.3) is 6.08 Å². The molecule has 0 fully saturated rings. The fraction of sp³-hybridized carbons (Fsp3) is 0.242. The van der Waals surface area contributed by atoms with Crippen LogP contribution in [0.5, 0.6) is 11.5 Å². The SMILES string of the molecule is CCOC(=O)C1=C(C)N=c2s/c(=C\c3cc(Cl)cc(I)c3OCc3ccc(Cl)c(Cl)c3)c(=O)n2[C@@H]1c1ccccc1OC(C)C. The van der Waals surface area contributed by atoms with E-state index in [9.17, 15) is 9.59 Å². The van der Waals surface area contributed by atoms with E-state index in [-0.39, 0.29) is 30.5 Å². The minimum Gasteiger partial charge on any atom is -0.491 e. The Bertz CT molecular complexity index is 2000. The Hall–Kier alpha value is -2.83. The lowest BCUT2D eigenvalue weighted by Crippen LogP contribution is -2.40. The van der Waals surface area contributed by atoms with Crippen molar-refractivity contribution in [2.45, 2.75) is 46.4 Å². The highest BCUT2D eigenvalue weighted by atomic mass is 127. The number of thiazole rings is 1. The molecule has 5 rings (SSSR count). The van der Waals surface area contributed by atoms with Crippen molar-refractivity contribution >= 4 is 80.8 Å². The third kappa shape index (κ3) is 7.28. The van der Waals surface area contributed by atoms with Crippen LogP contribution in [0.15, 0.2) is 75.7 Å². The number of hydrogen-bond donors (Lipinski definition) is 0. The summed E-state index contributed by atoms with van der Waals surface area (Å²) in [5.41, 5.74) is 2.50. The Morgan fingerprint density at radius 1 is 1.11 bits per heavy atom. The highest BCUT2D eigenvalue weighted by molar-refractivity contribution is 14.1. The zero-order valence-electron chi connectivity index (χ0n) is 24.7. The summed E-state index contributed by atoms with van der Waals surface area (Å²) in [6.45, 7) is 7.71. The molecule has 1 aromatic heterocycles. The minimum atomic E-state index is -0.817. The Balaban J connectivity index is 1.66. The molecule has 3 aromatic carbocycles. The number of benzene rings is 3. The fourth-order valence-electron chi connectivity index (χ4n) is 4.92. The van der Waals surface area contributed by atoms with E-state index < -0.39 is 12.0 Å². The number of aromatic nitrogens is 1. The van der Waals surface area contributed by atoms with Crippen LogP contribution in [-0.4, -0.2) is 23.2 Å². The van der Waals surface area contributed by atoms with E-state index in [1.165, 1.54) is 15.9 Å². The van der Waals surface area contributed by atoms with Crippen LogP contribution < -0.4 is 24.4 Å². The number of ether oxygens (including phenoxy) is 3. The number of halogens is 4. The van der Waals surface area contributed by atoms with E-state index in [2.05, 4.69) is 27.6 Å². The van der Waals surface area contributed by atoms with Gasteiger partial charge in [0.25, 0.3) is 5.56 Å². The van der Waals surface area contributed by atoms with E-state index >= 15 is 0 Å². The van der Waals surface area contributed by atoms with Crippen molar-refractivity contribution in [3.63, 3.8) is 0 Å². The normalized spacial score (nSPS) is 14.8. The lowest BCUT2D eigenvalue weighted by molar-refractivity contribution is -0.139. The van der Waals surface area contributed by atoms with E-state index in [1.54, 1.807) is 44.2 Å². The molecular weight excluding hydrogens is 770 g/mol. The van der Waals surface area contributed by atoms with Gasteiger partial charge in [0.15, 0.2) is 4.80 Å². The van der Waals surface area contributed by atoms with Gasteiger partial charge in [-0.05, 0) is 92.3 Å². The van der Waals surface area contributed by atoms with Gasteiger partial charge in [0, 0.05) is 16.1 Å². The lowest BCUT2D eigenvalue weighted by atomic mass is 9.95. The zero-order valence-corrected chi connectivity index (χ0v) is 29.9. The standard InChI is InChI=1S/C33H28Cl3IN2O5S/c1-5-42-32(41)28-18(4)38-33-39(29(28)22-8-6-7-9-26(22)44-17(2)3)31(40)27(45-33)14-20-13-21(34)15-25(37)30(20)43-16-19-10-11-23(35)24(36)12-19/h6-15,17,29H,5,16H2,1-4H3/b27-14-/t29-/m1/s1. The number of fused-ring (bicyclic) bond motifs is 1. The number of allylic oxidation sites excluding steroid dienone is 1. The van der Waals surface area contributed by atoms with Gasteiger partial charge in [-0.15, -0.1) is 0 Å². The Morgan fingerprint density at radius 3 is 2.58 bits per heavy atom. The van der Waals surface area contributed by atoms with Crippen molar-refractivity contribution in [3.05, 3.63) is 121 Å². The first-order chi connectivity index (χ1) is 21.5. The van der Waals surface area contributed by atoms with Gasteiger partial charge >= 0.3 is 5.97 Å². The molecule has 1 aliphatic heterocycles. The van der Waals surface area contributed by atoms with Crippen LogP contribution >= 0.6 is 68.7 Å². The summed E-state index contributed by atoms with van der Waals surface area (Å²) in [5, 5.41) is 1.37. The minimum absolute atomic E-state index is 0.134. The van der Waals surface area contributed by atoms with Gasteiger partial charge in [0.2, 0.25) is 0 Å². The van der Waals surface area contributed by atoms with Gasteiger partial charge in [-0.1, -0.05) is 70.4 Å². The molecule has 2 heterocycles. The van der Waals surface area contributed by atoms with E-state index in [4.69, 9.17) is 49.0 Å². The molecule has 0 aliphatic carbocycles. The average molecular weight is 798 g/mol. The topological polar surface area (TPSA) is 79.1 Å². The smallest absolute Gasteiger partial charge is 0.338 e. The van der Waals surface area contributed by atoms with Crippen LogP contribution in [0.1, 0.15) is 50.4 Å². The highest BCUT2D eigenvalue weighted by Gasteiger charge is 2.35. The van der Waals surface area contributed by atoms with Crippen molar-refractivity contribution in [2.24, 2.45) is 4.99 Å². The summed E-state index contributed by atoms with van der Waals surface area (Å²) in [6, 6.07) is 15.4. The average Bonchev–Trinajstić information content (AvgIpc) is 3.27. The molecule has 0 amide bonds. The van der Waals surface area contributed by atoms with Crippen LogP contribution in [0, 0.1) is 3.57 Å². The molecule has 4 aromatic rings. The molecule has 0 saturated carbocycles. The maximum atomic E-state index is 14.3. The van der Waals surface area contributed by atoms with Crippen molar-refractivity contribution in [2.75, 3.05) is 6.61 Å². The summed E-state index contributed by atoms with van der Waals surface area (Å²) in [5.74, 6) is 0.568. The Morgan fingerprint density at radius 2 is 1.87 bits per heavy atom. The maximum Gasteiger partial charge on any atom is 0.338 e. The number of carbonyl (C=O) groups excluding carboxylic acids is 1. The van der Waals surface area contributed by atoms with Crippen LogP contribution in [0.4, 0.5) is 0 Å². The zero-order chi connectivity index (χ0) is 32.4. The second-order valence-corrected chi connectivity index (χ2v) is 13.8.